The molecule has 0 saturated heterocycles. The van der Waals surface area contributed by atoms with Crippen LogP contribution in [0.3, 0.4) is 0 Å². The van der Waals surface area contributed by atoms with Crippen molar-refractivity contribution >= 4 is 40.6 Å². The van der Waals surface area contributed by atoms with Gasteiger partial charge in [0.05, 0.1) is 24.8 Å². The van der Waals surface area contributed by atoms with Gasteiger partial charge in [0.2, 0.25) is 5.91 Å². The highest BCUT2D eigenvalue weighted by Gasteiger charge is 2.15. The lowest BCUT2D eigenvalue weighted by Crippen LogP contribution is -2.11. The predicted octanol–water partition coefficient (Wildman–Crippen LogP) is 8.62. The molecule has 0 aliphatic heterocycles. The Kier molecular flexibility index (Phi) is 14.3. The van der Waals surface area contributed by atoms with Crippen molar-refractivity contribution in [3.05, 3.63) is 96.6 Å². The molecule has 0 fully saturated rings. The summed E-state index contributed by atoms with van der Waals surface area (Å²) in [5, 5.41) is 3.32. The first-order valence-electron chi connectivity index (χ1n) is 15.9. The molecular formula is C37H45N3O4S2. The van der Waals surface area contributed by atoms with Crippen molar-refractivity contribution in [2.75, 3.05) is 25.1 Å². The number of anilines is 1. The molecule has 1 amide bonds. The monoisotopic (exact) mass is 659 g/mol. The second kappa shape index (κ2) is 18.6. The van der Waals surface area contributed by atoms with Gasteiger partial charge in [0.1, 0.15) is 12.4 Å². The van der Waals surface area contributed by atoms with Gasteiger partial charge in [0.15, 0.2) is 10.6 Å². The lowest BCUT2D eigenvalue weighted by atomic mass is 10.0. The summed E-state index contributed by atoms with van der Waals surface area (Å²) in [6.45, 7) is 11.3. The summed E-state index contributed by atoms with van der Waals surface area (Å²) in [4.78, 5) is 18.9. The molecule has 244 valence electrons. The van der Waals surface area contributed by atoms with Crippen LogP contribution in [0.2, 0.25) is 0 Å². The fourth-order valence-electron chi connectivity index (χ4n) is 4.70. The molecule has 0 unspecified atom stereocenters. The van der Waals surface area contributed by atoms with Crippen LogP contribution in [0.5, 0.6) is 5.75 Å². The number of rotatable bonds is 18. The fraction of sp³-hybridized carbons (Fsp3) is 0.351. The summed E-state index contributed by atoms with van der Waals surface area (Å²) >= 11 is 0.554. The van der Waals surface area contributed by atoms with Crippen LogP contribution in [0.1, 0.15) is 58.2 Å². The molecule has 0 aliphatic rings. The van der Waals surface area contributed by atoms with Crippen LogP contribution < -0.4 is 10.1 Å². The van der Waals surface area contributed by atoms with E-state index in [1.807, 2.05) is 22.8 Å². The van der Waals surface area contributed by atoms with Crippen LogP contribution in [-0.4, -0.2) is 45.1 Å². The predicted molar refractivity (Wildman–Crippen MR) is 191 cm³/mol. The van der Waals surface area contributed by atoms with Gasteiger partial charge in [-0.3, -0.25) is 4.79 Å². The molecule has 0 spiro atoms. The van der Waals surface area contributed by atoms with Crippen LogP contribution in [0.15, 0.2) is 95.1 Å². The standard InChI is InChI=1S/C37H45N3O4S2/c1-5-7-21-43-22-23-44-34-14-8-29(9-15-34)30-10-18-36(45-28(3)4)31(24-30)11-19-37(41)39-32-12-16-35(17-13-32)46(42)26-33-25-38-27-40(33)20-6-2/h8-19,24-25,27-28H,5-7,20-23,26H2,1-4H3,(H,39,41)/b19-11+/t46-/m0/s1. The van der Waals surface area contributed by atoms with E-state index >= 15 is 0 Å². The molecule has 7 nitrogen and oxygen atoms in total. The van der Waals surface area contributed by atoms with Crippen LogP contribution in [0, 0.1) is 0 Å². The third kappa shape index (κ3) is 11.1. The number of unbranched alkanes of at least 4 members (excludes halogenated alkanes) is 1. The minimum Gasteiger partial charge on any atom is -0.611 e. The Balaban J connectivity index is 1.37. The van der Waals surface area contributed by atoms with Crippen LogP contribution in [-0.2, 0) is 33.0 Å². The van der Waals surface area contributed by atoms with E-state index in [0.717, 1.165) is 65.4 Å². The van der Waals surface area contributed by atoms with E-state index in [-0.39, 0.29) is 5.91 Å². The minimum absolute atomic E-state index is 0.233. The summed E-state index contributed by atoms with van der Waals surface area (Å²) in [5.74, 6) is 0.977. The lowest BCUT2D eigenvalue weighted by molar-refractivity contribution is -0.111. The van der Waals surface area contributed by atoms with E-state index in [0.29, 0.717) is 34.8 Å². The Bertz CT molecular complexity index is 1540. The molecule has 1 aromatic heterocycles. The summed E-state index contributed by atoms with van der Waals surface area (Å²) < 4.78 is 26.4. The second-order valence-electron chi connectivity index (χ2n) is 11.2. The number of carbonyl (C=O) groups excluding carboxylic acids is 1. The molecule has 0 saturated carbocycles. The largest absolute Gasteiger partial charge is 0.611 e. The van der Waals surface area contributed by atoms with E-state index in [9.17, 15) is 9.35 Å². The van der Waals surface area contributed by atoms with Crippen molar-refractivity contribution in [3.63, 3.8) is 0 Å². The van der Waals surface area contributed by atoms with Gasteiger partial charge in [0, 0.05) is 35.1 Å². The van der Waals surface area contributed by atoms with Gasteiger partial charge in [-0.05, 0) is 95.3 Å². The van der Waals surface area contributed by atoms with Crippen molar-refractivity contribution in [1.29, 1.82) is 0 Å². The molecule has 1 heterocycles. The van der Waals surface area contributed by atoms with Gasteiger partial charge in [-0.15, -0.1) is 11.8 Å². The van der Waals surface area contributed by atoms with Gasteiger partial charge in [-0.25, -0.2) is 4.98 Å². The highest BCUT2D eigenvalue weighted by molar-refractivity contribution is 8.00. The number of benzene rings is 3. The fourth-order valence-corrected chi connectivity index (χ4v) is 6.73. The van der Waals surface area contributed by atoms with Crippen LogP contribution in [0.25, 0.3) is 17.2 Å². The van der Waals surface area contributed by atoms with Gasteiger partial charge >= 0.3 is 0 Å². The number of hydrogen-bond acceptors (Lipinski definition) is 6. The summed E-state index contributed by atoms with van der Waals surface area (Å²) in [5.41, 5.74) is 4.70. The topological polar surface area (TPSA) is 88.4 Å². The average Bonchev–Trinajstić information content (AvgIpc) is 3.49. The molecule has 0 bridgehead atoms. The molecule has 1 N–H and O–H groups in total. The summed E-state index contributed by atoms with van der Waals surface area (Å²) in [6, 6.07) is 21.6. The van der Waals surface area contributed by atoms with Crippen LogP contribution in [0.4, 0.5) is 5.69 Å². The van der Waals surface area contributed by atoms with Gasteiger partial charge in [-0.1, -0.05) is 52.3 Å². The number of imidazole rings is 1. The Morgan fingerprint density at radius 1 is 1.00 bits per heavy atom. The second-order valence-corrected chi connectivity index (χ2v) is 14.2. The third-order valence-electron chi connectivity index (χ3n) is 7.04. The summed E-state index contributed by atoms with van der Waals surface area (Å²) in [6.07, 6.45) is 10.2. The third-order valence-corrected chi connectivity index (χ3v) is 9.49. The van der Waals surface area contributed by atoms with E-state index in [1.165, 1.54) is 0 Å². The Labute approximate surface area is 281 Å². The number of nitrogens with one attached hydrogen (secondary N) is 1. The Morgan fingerprint density at radius 3 is 2.48 bits per heavy atom. The number of hydrogen-bond donors (Lipinski definition) is 1. The zero-order valence-electron chi connectivity index (χ0n) is 27.2. The Hall–Kier alpha value is -3.50. The first kappa shape index (κ1) is 35.4. The van der Waals surface area contributed by atoms with Crippen molar-refractivity contribution in [1.82, 2.24) is 9.55 Å². The maximum atomic E-state index is 13.0. The number of aryl methyl sites for hydroxylation is 1. The average molecular weight is 660 g/mol. The number of aromatic nitrogens is 2. The van der Waals surface area contributed by atoms with E-state index in [2.05, 4.69) is 68.3 Å². The normalized spacial score (nSPS) is 12.1. The first-order chi connectivity index (χ1) is 22.4. The Morgan fingerprint density at radius 2 is 1.76 bits per heavy atom. The van der Waals surface area contributed by atoms with Crippen LogP contribution >= 0.6 is 11.8 Å². The van der Waals surface area contributed by atoms with Crippen molar-refractivity contribution in [2.45, 2.75) is 74.3 Å². The van der Waals surface area contributed by atoms with Crippen molar-refractivity contribution < 1.29 is 18.8 Å². The minimum atomic E-state index is -1.21. The zero-order valence-corrected chi connectivity index (χ0v) is 28.9. The van der Waals surface area contributed by atoms with Gasteiger partial charge < -0.3 is 23.9 Å². The molecule has 9 heteroatoms. The molecule has 4 rings (SSSR count). The van der Waals surface area contributed by atoms with E-state index in [4.69, 9.17) is 9.47 Å². The maximum Gasteiger partial charge on any atom is 0.248 e. The van der Waals surface area contributed by atoms with E-state index in [1.54, 1.807) is 54.6 Å². The number of nitrogens with zero attached hydrogens (tertiary/aromatic N) is 2. The maximum absolute atomic E-state index is 13.0. The first-order valence-corrected chi connectivity index (χ1v) is 18.1. The lowest BCUT2D eigenvalue weighted by Gasteiger charge is -2.13. The van der Waals surface area contributed by atoms with Crippen molar-refractivity contribution in [2.24, 2.45) is 0 Å². The molecule has 3 aromatic carbocycles. The van der Waals surface area contributed by atoms with E-state index < -0.39 is 11.2 Å². The highest BCUT2D eigenvalue weighted by atomic mass is 32.2. The number of carbonyl (C=O) groups is 1. The molecular weight excluding hydrogens is 615 g/mol. The number of amides is 1. The van der Waals surface area contributed by atoms with Crippen molar-refractivity contribution in [3.8, 4) is 16.9 Å². The molecule has 1 atom stereocenters. The zero-order chi connectivity index (χ0) is 32.7. The van der Waals surface area contributed by atoms with Gasteiger partial charge in [0.25, 0.3) is 0 Å². The number of thioether (sulfide) groups is 1. The molecule has 0 aliphatic carbocycles. The SMILES string of the molecule is CCCCOCCOc1ccc(-c2ccc(SC(C)C)c(/C=C/C(=O)Nc3ccc([S@@+]([O-])Cc4cncn4CCC)cc3)c2)cc1. The summed E-state index contributed by atoms with van der Waals surface area (Å²) in [7, 11) is 0. The highest BCUT2D eigenvalue weighted by Crippen LogP contribution is 2.32. The molecule has 46 heavy (non-hydrogen) atoms. The molecule has 0 radical (unpaired) electrons. The number of ether oxygens (including phenoxy) is 2. The van der Waals surface area contributed by atoms with Gasteiger partial charge in [-0.2, -0.15) is 0 Å². The quantitative estimate of drug-likeness (QED) is 0.0498. The molecule has 4 aromatic rings. The smallest absolute Gasteiger partial charge is 0.248 e.